The summed E-state index contributed by atoms with van der Waals surface area (Å²) >= 11 is 0. The van der Waals surface area contributed by atoms with Gasteiger partial charge in [0, 0.05) is 13.5 Å². The Kier molecular flexibility index (Phi) is 3.64. The molecule has 1 aromatic carbocycles. The lowest BCUT2D eigenvalue weighted by Gasteiger charge is -2.21. The molecular weight excluding hydrogens is 310 g/mol. The van der Waals surface area contributed by atoms with Crippen molar-refractivity contribution in [1.82, 2.24) is 20.5 Å². The Balaban J connectivity index is 1.48. The van der Waals surface area contributed by atoms with Crippen molar-refractivity contribution in [2.24, 2.45) is 0 Å². The second-order valence-electron chi connectivity index (χ2n) is 5.75. The highest BCUT2D eigenvalue weighted by molar-refractivity contribution is 5.85. The van der Waals surface area contributed by atoms with Crippen LogP contribution in [0, 0.1) is 6.92 Å². The summed E-state index contributed by atoms with van der Waals surface area (Å²) in [6.45, 7) is 2.67. The third-order valence-corrected chi connectivity index (χ3v) is 4.07. The monoisotopic (exact) mass is 327 g/mol. The largest absolute Gasteiger partial charge is 0.424 e. The standard InChI is InChI=1S/C16H17N5O3/c1-10-19-20-14(23-10)9-17-15(22)12-6-4-8-21(12)16-18-11-5-2-3-7-13(11)24-16/h2-3,5,7,12H,4,6,8-9H2,1H3,(H,17,22)/t12-/m1/s1. The maximum absolute atomic E-state index is 12.5. The highest BCUT2D eigenvalue weighted by atomic mass is 16.4. The summed E-state index contributed by atoms with van der Waals surface area (Å²) < 4.78 is 11.1. The van der Waals surface area contributed by atoms with E-state index in [0.717, 1.165) is 30.5 Å². The molecule has 0 aliphatic carbocycles. The van der Waals surface area contributed by atoms with E-state index in [4.69, 9.17) is 8.83 Å². The number of hydrogen-bond donors (Lipinski definition) is 1. The number of carbonyl (C=O) groups excluding carboxylic acids is 1. The van der Waals surface area contributed by atoms with Crippen molar-refractivity contribution < 1.29 is 13.6 Å². The molecule has 24 heavy (non-hydrogen) atoms. The topological polar surface area (TPSA) is 97.3 Å². The van der Waals surface area contributed by atoms with Crippen LogP contribution in [0.15, 0.2) is 33.1 Å². The van der Waals surface area contributed by atoms with Gasteiger partial charge >= 0.3 is 0 Å². The molecule has 1 N–H and O–H groups in total. The average Bonchev–Trinajstić information content (AvgIpc) is 3.30. The number of fused-ring (bicyclic) bond motifs is 1. The minimum absolute atomic E-state index is 0.0920. The van der Waals surface area contributed by atoms with Crippen LogP contribution in [0.25, 0.3) is 11.1 Å². The molecule has 1 fully saturated rings. The molecule has 8 nitrogen and oxygen atoms in total. The Morgan fingerprint density at radius 1 is 1.33 bits per heavy atom. The zero-order valence-electron chi connectivity index (χ0n) is 13.2. The highest BCUT2D eigenvalue weighted by Gasteiger charge is 2.33. The van der Waals surface area contributed by atoms with Gasteiger partial charge < -0.3 is 19.1 Å². The fraction of sp³-hybridized carbons (Fsp3) is 0.375. The number of aryl methyl sites for hydroxylation is 1. The van der Waals surface area contributed by atoms with Gasteiger partial charge in [-0.15, -0.1) is 10.2 Å². The summed E-state index contributed by atoms with van der Waals surface area (Å²) in [6, 6.07) is 7.76. The Bertz CT molecular complexity index is 838. The predicted octanol–water partition coefficient (Wildman–Crippen LogP) is 1.80. The first-order valence-electron chi connectivity index (χ1n) is 7.89. The molecule has 1 atom stereocenters. The Labute approximate surface area is 137 Å². The second kappa shape index (κ2) is 5.95. The van der Waals surface area contributed by atoms with Crippen LogP contribution in [-0.4, -0.2) is 33.7 Å². The van der Waals surface area contributed by atoms with Crippen molar-refractivity contribution in [3.8, 4) is 0 Å². The van der Waals surface area contributed by atoms with Gasteiger partial charge in [0.05, 0.1) is 6.54 Å². The maximum Gasteiger partial charge on any atom is 0.299 e. The van der Waals surface area contributed by atoms with Crippen LogP contribution in [0.5, 0.6) is 0 Å². The van der Waals surface area contributed by atoms with Crippen LogP contribution in [0.3, 0.4) is 0 Å². The summed E-state index contributed by atoms with van der Waals surface area (Å²) in [4.78, 5) is 18.9. The van der Waals surface area contributed by atoms with E-state index in [2.05, 4.69) is 20.5 Å². The van der Waals surface area contributed by atoms with Gasteiger partial charge in [-0.3, -0.25) is 4.79 Å². The lowest BCUT2D eigenvalue weighted by atomic mass is 10.2. The number of nitrogens with zero attached hydrogens (tertiary/aromatic N) is 4. The quantitative estimate of drug-likeness (QED) is 0.780. The van der Waals surface area contributed by atoms with E-state index in [1.54, 1.807) is 6.92 Å². The first kappa shape index (κ1) is 14.7. The number of para-hydroxylation sites is 2. The normalized spacial score (nSPS) is 17.5. The van der Waals surface area contributed by atoms with E-state index >= 15 is 0 Å². The molecule has 3 heterocycles. The van der Waals surface area contributed by atoms with Crippen LogP contribution < -0.4 is 10.2 Å². The van der Waals surface area contributed by atoms with Gasteiger partial charge in [-0.25, -0.2) is 0 Å². The van der Waals surface area contributed by atoms with E-state index in [1.165, 1.54) is 0 Å². The van der Waals surface area contributed by atoms with E-state index in [9.17, 15) is 4.79 Å². The molecule has 0 radical (unpaired) electrons. The molecule has 0 saturated carbocycles. The second-order valence-corrected chi connectivity index (χ2v) is 5.75. The minimum Gasteiger partial charge on any atom is -0.424 e. The van der Waals surface area contributed by atoms with E-state index in [0.29, 0.717) is 17.8 Å². The van der Waals surface area contributed by atoms with E-state index in [-0.39, 0.29) is 18.5 Å². The molecule has 124 valence electrons. The SMILES string of the molecule is Cc1nnc(CNC(=O)[C@H]2CCCN2c2nc3ccccc3o2)o1. The number of benzene rings is 1. The van der Waals surface area contributed by atoms with Crippen molar-refractivity contribution in [2.75, 3.05) is 11.4 Å². The molecule has 0 bridgehead atoms. The molecule has 2 aromatic heterocycles. The minimum atomic E-state index is -0.304. The average molecular weight is 327 g/mol. The van der Waals surface area contributed by atoms with Crippen LogP contribution in [0.1, 0.15) is 24.6 Å². The van der Waals surface area contributed by atoms with Crippen LogP contribution >= 0.6 is 0 Å². The molecule has 0 unspecified atom stereocenters. The summed E-state index contributed by atoms with van der Waals surface area (Å²) in [6.07, 6.45) is 1.67. The smallest absolute Gasteiger partial charge is 0.299 e. The van der Waals surface area contributed by atoms with Crippen LogP contribution in [0.2, 0.25) is 0 Å². The number of amides is 1. The number of anilines is 1. The molecule has 8 heteroatoms. The van der Waals surface area contributed by atoms with Crippen molar-refractivity contribution >= 4 is 23.0 Å². The third kappa shape index (κ3) is 2.70. The Morgan fingerprint density at radius 3 is 3.00 bits per heavy atom. The zero-order chi connectivity index (χ0) is 16.5. The van der Waals surface area contributed by atoms with Crippen LogP contribution in [-0.2, 0) is 11.3 Å². The van der Waals surface area contributed by atoms with Gasteiger partial charge in [-0.1, -0.05) is 12.1 Å². The van der Waals surface area contributed by atoms with Crippen molar-refractivity contribution in [2.45, 2.75) is 32.4 Å². The molecule has 3 aromatic rings. The molecule has 4 rings (SSSR count). The first-order chi connectivity index (χ1) is 11.7. The Hall–Kier alpha value is -2.90. The molecule has 0 spiro atoms. The van der Waals surface area contributed by atoms with Gasteiger partial charge in [-0.05, 0) is 25.0 Å². The molecule has 1 aliphatic heterocycles. The van der Waals surface area contributed by atoms with Crippen LogP contribution in [0.4, 0.5) is 6.01 Å². The van der Waals surface area contributed by atoms with Crippen molar-refractivity contribution in [3.05, 3.63) is 36.0 Å². The van der Waals surface area contributed by atoms with Crippen molar-refractivity contribution in [1.29, 1.82) is 0 Å². The van der Waals surface area contributed by atoms with E-state index < -0.39 is 0 Å². The lowest BCUT2D eigenvalue weighted by molar-refractivity contribution is -0.122. The highest BCUT2D eigenvalue weighted by Crippen LogP contribution is 2.28. The third-order valence-electron chi connectivity index (χ3n) is 4.07. The molecule has 1 amide bonds. The number of aromatic nitrogens is 3. The fourth-order valence-corrected chi connectivity index (χ4v) is 2.94. The molecular formula is C16H17N5O3. The predicted molar refractivity (Wildman–Crippen MR) is 85.3 cm³/mol. The molecule has 1 aliphatic rings. The first-order valence-corrected chi connectivity index (χ1v) is 7.89. The number of carbonyl (C=O) groups is 1. The summed E-state index contributed by atoms with van der Waals surface area (Å²) in [5.41, 5.74) is 1.51. The summed E-state index contributed by atoms with van der Waals surface area (Å²) in [7, 11) is 0. The number of rotatable bonds is 4. The van der Waals surface area contributed by atoms with Gasteiger partial charge in [0.1, 0.15) is 11.6 Å². The Morgan fingerprint density at radius 2 is 2.21 bits per heavy atom. The van der Waals surface area contributed by atoms with Gasteiger partial charge in [-0.2, -0.15) is 4.98 Å². The lowest BCUT2D eigenvalue weighted by Crippen LogP contribution is -2.43. The zero-order valence-corrected chi connectivity index (χ0v) is 13.2. The maximum atomic E-state index is 12.5. The number of oxazole rings is 1. The number of nitrogens with one attached hydrogen (secondary N) is 1. The van der Waals surface area contributed by atoms with Crippen molar-refractivity contribution in [3.63, 3.8) is 0 Å². The van der Waals surface area contributed by atoms with Gasteiger partial charge in [0.15, 0.2) is 5.58 Å². The molecule has 1 saturated heterocycles. The number of hydrogen-bond acceptors (Lipinski definition) is 7. The summed E-state index contributed by atoms with van der Waals surface area (Å²) in [5.74, 6) is 0.783. The fourth-order valence-electron chi connectivity index (χ4n) is 2.94. The van der Waals surface area contributed by atoms with Gasteiger partial charge in [0.2, 0.25) is 17.7 Å². The van der Waals surface area contributed by atoms with Gasteiger partial charge in [0.25, 0.3) is 6.01 Å². The summed E-state index contributed by atoms with van der Waals surface area (Å²) in [5, 5.41) is 10.5. The van der Waals surface area contributed by atoms with E-state index in [1.807, 2.05) is 29.2 Å².